The lowest BCUT2D eigenvalue weighted by molar-refractivity contribution is 0.996. The highest BCUT2D eigenvalue weighted by Crippen LogP contribution is 2.15. The van der Waals surface area contributed by atoms with Gasteiger partial charge in [0.25, 0.3) is 0 Å². The molecule has 0 unspecified atom stereocenters. The first kappa shape index (κ1) is 10.3. The van der Waals surface area contributed by atoms with Crippen LogP contribution >= 0.6 is 0 Å². The van der Waals surface area contributed by atoms with Gasteiger partial charge in [-0.05, 0) is 35.0 Å². The second-order valence-electron chi connectivity index (χ2n) is 3.47. The van der Waals surface area contributed by atoms with Crippen LogP contribution < -0.4 is 0 Å². The average molecular weight is 212 g/mol. The van der Waals surface area contributed by atoms with Gasteiger partial charge in [-0.2, -0.15) is 0 Å². The summed E-state index contributed by atoms with van der Waals surface area (Å²) >= 11 is 0. The first-order chi connectivity index (χ1) is 7.90. The van der Waals surface area contributed by atoms with Crippen molar-refractivity contribution in [3.8, 4) is 0 Å². The van der Waals surface area contributed by atoms with E-state index < -0.39 is 0 Å². The van der Waals surface area contributed by atoms with E-state index in [0.29, 0.717) is 6.54 Å². The third-order valence-corrected chi connectivity index (χ3v) is 2.35. The molecule has 0 radical (unpaired) electrons. The fraction of sp³-hybridized carbons (Fsp3) is 0.167. The van der Waals surface area contributed by atoms with Crippen molar-refractivity contribution in [1.82, 2.24) is 4.98 Å². The van der Waals surface area contributed by atoms with Crippen molar-refractivity contribution in [2.45, 2.75) is 6.42 Å². The summed E-state index contributed by atoms with van der Waals surface area (Å²) in [6.45, 7) is 0.512. The van der Waals surface area contributed by atoms with Crippen LogP contribution in [0.2, 0.25) is 0 Å². The van der Waals surface area contributed by atoms with Crippen molar-refractivity contribution in [2.75, 3.05) is 6.54 Å². The van der Waals surface area contributed by atoms with Crippen molar-refractivity contribution in [1.29, 1.82) is 0 Å². The van der Waals surface area contributed by atoms with E-state index >= 15 is 0 Å². The highest BCUT2D eigenvalue weighted by Gasteiger charge is 1.93. The molecule has 0 aliphatic heterocycles. The van der Waals surface area contributed by atoms with Crippen LogP contribution in [0.25, 0.3) is 27.4 Å². The standard InChI is InChI=1S/C12H12N4/c13-16-15-7-2-1-3-10-4-5-11-6-8-14-12(11)9-10/h1,3-6,8-9,14H,2,7H2. The van der Waals surface area contributed by atoms with Gasteiger partial charge in [-0.15, -0.1) is 0 Å². The van der Waals surface area contributed by atoms with Gasteiger partial charge in [0.1, 0.15) is 0 Å². The van der Waals surface area contributed by atoms with Gasteiger partial charge >= 0.3 is 0 Å². The normalized spacial score (nSPS) is 10.8. The Balaban J connectivity index is 2.05. The zero-order valence-corrected chi connectivity index (χ0v) is 8.80. The lowest BCUT2D eigenvalue weighted by atomic mass is 10.1. The summed E-state index contributed by atoms with van der Waals surface area (Å²) in [6, 6.07) is 8.29. The smallest absolute Gasteiger partial charge is 0.0459 e. The van der Waals surface area contributed by atoms with Crippen molar-refractivity contribution < 1.29 is 0 Å². The molecule has 0 saturated heterocycles. The molecule has 1 aromatic heterocycles. The van der Waals surface area contributed by atoms with E-state index in [2.05, 4.69) is 33.2 Å². The summed E-state index contributed by atoms with van der Waals surface area (Å²) in [5.74, 6) is 0. The van der Waals surface area contributed by atoms with Crippen LogP contribution in [-0.4, -0.2) is 11.5 Å². The van der Waals surface area contributed by atoms with Crippen molar-refractivity contribution in [2.24, 2.45) is 5.11 Å². The van der Waals surface area contributed by atoms with Crippen molar-refractivity contribution in [3.63, 3.8) is 0 Å². The van der Waals surface area contributed by atoms with Crippen LogP contribution in [-0.2, 0) is 0 Å². The summed E-state index contributed by atoms with van der Waals surface area (Å²) < 4.78 is 0. The summed E-state index contributed by atoms with van der Waals surface area (Å²) in [4.78, 5) is 5.87. The molecule has 0 fully saturated rings. The summed E-state index contributed by atoms with van der Waals surface area (Å²) in [5, 5.41) is 4.68. The summed E-state index contributed by atoms with van der Waals surface area (Å²) in [5.41, 5.74) is 10.4. The zero-order chi connectivity index (χ0) is 11.2. The van der Waals surface area contributed by atoms with E-state index in [1.165, 1.54) is 5.39 Å². The average Bonchev–Trinajstić information content (AvgIpc) is 2.76. The van der Waals surface area contributed by atoms with Gasteiger partial charge in [0.05, 0.1) is 0 Å². The second-order valence-corrected chi connectivity index (χ2v) is 3.47. The quantitative estimate of drug-likeness (QED) is 0.346. The molecule has 4 nitrogen and oxygen atoms in total. The minimum Gasteiger partial charge on any atom is -0.361 e. The Morgan fingerprint density at radius 3 is 3.19 bits per heavy atom. The van der Waals surface area contributed by atoms with Crippen LogP contribution in [0.4, 0.5) is 0 Å². The highest BCUT2D eigenvalue weighted by atomic mass is 15.1. The minimum absolute atomic E-state index is 0.512. The number of rotatable bonds is 4. The molecule has 1 heterocycles. The Labute approximate surface area is 93.2 Å². The van der Waals surface area contributed by atoms with Gasteiger partial charge in [0, 0.05) is 23.2 Å². The number of aromatic amines is 1. The number of hydrogen-bond donors (Lipinski definition) is 1. The lowest BCUT2D eigenvalue weighted by Crippen LogP contribution is -1.75. The Hall–Kier alpha value is -2.19. The fourth-order valence-corrected chi connectivity index (χ4v) is 1.57. The molecule has 80 valence electrons. The lowest BCUT2D eigenvalue weighted by Gasteiger charge is -1.94. The largest absolute Gasteiger partial charge is 0.361 e. The predicted octanol–water partition coefficient (Wildman–Crippen LogP) is 3.88. The van der Waals surface area contributed by atoms with Crippen molar-refractivity contribution >= 4 is 17.0 Å². The molecule has 0 amide bonds. The number of fused-ring (bicyclic) bond motifs is 1. The molecule has 0 bridgehead atoms. The highest BCUT2D eigenvalue weighted by molar-refractivity contribution is 5.81. The van der Waals surface area contributed by atoms with Gasteiger partial charge in [-0.3, -0.25) is 0 Å². The molecular formula is C12H12N4. The molecule has 2 rings (SSSR count). The molecule has 4 heteroatoms. The molecule has 16 heavy (non-hydrogen) atoms. The summed E-state index contributed by atoms with van der Waals surface area (Å²) in [6.07, 6.45) is 6.75. The first-order valence-electron chi connectivity index (χ1n) is 5.15. The van der Waals surface area contributed by atoms with Crippen LogP contribution in [0.15, 0.2) is 41.7 Å². The molecule has 2 aromatic rings. The molecule has 0 aliphatic carbocycles. The predicted molar refractivity (Wildman–Crippen MR) is 66.0 cm³/mol. The minimum atomic E-state index is 0.512. The first-order valence-corrected chi connectivity index (χ1v) is 5.15. The van der Waals surface area contributed by atoms with E-state index in [1.807, 2.05) is 24.4 Å². The number of azide groups is 1. The third-order valence-electron chi connectivity index (χ3n) is 2.35. The van der Waals surface area contributed by atoms with Gasteiger partial charge in [-0.1, -0.05) is 29.4 Å². The Morgan fingerprint density at radius 1 is 1.38 bits per heavy atom. The number of hydrogen-bond acceptors (Lipinski definition) is 1. The second kappa shape index (κ2) is 5.05. The molecule has 1 aromatic carbocycles. The number of nitrogens with one attached hydrogen (secondary N) is 1. The Bertz CT molecular complexity index is 547. The van der Waals surface area contributed by atoms with Gasteiger partial charge < -0.3 is 4.98 Å². The van der Waals surface area contributed by atoms with E-state index in [9.17, 15) is 0 Å². The maximum Gasteiger partial charge on any atom is 0.0459 e. The van der Waals surface area contributed by atoms with Gasteiger partial charge in [-0.25, -0.2) is 0 Å². The van der Waals surface area contributed by atoms with E-state index in [0.717, 1.165) is 17.5 Å². The Kier molecular flexibility index (Phi) is 3.26. The van der Waals surface area contributed by atoms with Crippen LogP contribution in [0.1, 0.15) is 12.0 Å². The van der Waals surface area contributed by atoms with E-state index in [1.54, 1.807) is 0 Å². The number of H-pyrrole nitrogens is 1. The fourth-order valence-electron chi connectivity index (χ4n) is 1.57. The zero-order valence-electron chi connectivity index (χ0n) is 8.80. The SMILES string of the molecule is [N-]=[N+]=NCCC=Cc1ccc2cc[nH]c2c1. The van der Waals surface area contributed by atoms with Crippen LogP contribution in [0.3, 0.4) is 0 Å². The van der Waals surface area contributed by atoms with E-state index in [-0.39, 0.29) is 0 Å². The molecule has 0 aliphatic rings. The number of nitrogens with zero attached hydrogens (tertiary/aromatic N) is 3. The molecular weight excluding hydrogens is 200 g/mol. The molecule has 1 N–H and O–H groups in total. The van der Waals surface area contributed by atoms with E-state index in [4.69, 9.17) is 5.53 Å². The topological polar surface area (TPSA) is 64.6 Å². The molecule has 0 spiro atoms. The van der Waals surface area contributed by atoms with Crippen LogP contribution in [0, 0.1) is 0 Å². The monoisotopic (exact) mass is 212 g/mol. The third kappa shape index (κ3) is 2.43. The maximum atomic E-state index is 8.11. The van der Waals surface area contributed by atoms with Crippen LogP contribution in [0.5, 0.6) is 0 Å². The molecule has 0 atom stereocenters. The summed E-state index contributed by atoms with van der Waals surface area (Å²) in [7, 11) is 0. The molecule has 0 saturated carbocycles. The Morgan fingerprint density at radius 2 is 2.31 bits per heavy atom. The van der Waals surface area contributed by atoms with Crippen molar-refractivity contribution in [3.05, 3.63) is 52.5 Å². The maximum absolute atomic E-state index is 8.11. The van der Waals surface area contributed by atoms with Gasteiger partial charge in [0.2, 0.25) is 0 Å². The van der Waals surface area contributed by atoms with Gasteiger partial charge in [0.15, 0.2) is 0 Å². The number of aromatic nitrogens is 1. The number of benzene rings is 1.